The summed E-state index contributed by atoms with van der Waals surface area (Å²) >= 11 is 0. The van der Waals surface area contributed by atoms with Crippen LogP contribution in [0.15, 0.2) is 18.2 Å². The van der Waals surface area contributed by atoms with Crippen molar-refractivity contribution in [3.05, 3.63) is 45.1 Å². The van der Waals surface area contributed by atoms with Crippen LogP contribution in [0.3, 0.4) is 0 Å². The Balaban J connectivity index is 2.39. The van der Waals surface area contributed by atoms with Gasteiger partial charge in [-0.1, -0.05) is 0 Å². The van der Waals surface area contributed by atoms with Crippen molar-refractivity contribution in [2.24, 2.45) is 7.05 Å². The Bertz CT molecular complexity index is 728. The second kappa shape index (κ2) is 5.01. The largest absolute Gasteiger partial charge is 0.438 e. The molecule has 0 amide bonds. The van der Waals surface area contributed by atoms with Crippen LogP contribution in [0.25, 0.3) is 0 Å². The van der Waals surface area contributed by atoms with Crippen molar-refractivity contribution in [3.63, 3.8) is 0 Å². The fourth-order valence-corrected chi connectivity index (χ4v) is 1.89. The highest BCUT2D eigenvalue weighted by Crippen LogP contribution is 2.29. The lowest BCUT2D eigenvalue weighted by atomic mass is 10.2. The van der Waals surface area contributed by atoms with Crippen LogP contribution in [0.5, 0.6) is 11.6 Å². The van der Waals surface area contributed by atoms with Crippen LogP contribution in [-0.2, 0) is 7.05 Å². The molecule has 2 aromatic rings. The van der Waals surface area contributed by atoms with E-state index in [4.69, 9.17) is 10.00 Å². The van der Waals surface area contributed by atoms with Crippen molar-refractivity contribution in [2.75, 3.05) is 0 Å². The van der Waals surface area contributed by atoms with E-state index in [0.29, 0.717) is 28.5 Å². The number of hydrogen-bond donors (Lipinski definition) is 0. The molecule has 2 rings (SSSR count). The Labute approximate surface area is 115 Å². The minimum Gasteiger partial charge on any atom is -0.438 e. The van der Waals surface area contributed by atoms with E-state index in [2.05, 4.69) is 5.10 Å². The number of ether oxygens (including phenoxy) is 1. The summed E-state index contributed by atoms with van der Waals surface area (Å²) in [6.45, 7) is 3.34. The first-order chi connectivity index (χ1) is 9.43. The molecule has 0 aliphatic heterocycles. The van der Waals surface area contributed by atoms with E-state index in [1.165, 1.54) is 16.8 Å². The molecule has 102 valence electrons. The van der Waals surface area contributed by atoms with Gasteiger partial charge in [-0.15, -0.1) is 0 Å². The topological polar surface area (TPSA) is 94.0 Å². The Morgan fingerprint density at radius 2 is 2.15 bits per heavy atom. The lowest BCUT2D eigenvalue weighted by Crippen LogP contribution is -1.97. The number of nitrogens with zero attached hydrogens (tertiary/aromatic N) is 4. The highest BCUT2D eigenvalue weighted by molar-refractivity contribution is 5.48. The van der Waals surface area contributed by atoms with Crippen LogP contribution in [-0.4, -0.2) is 14.7 Å². The monoisotopic (exact) mass is 272 g/mol. The molecule has 7 heteroatoms. The molecule has 1 heterocycles. The van der Waals surface area contributed by atoms with Crippen molar-refractivity contribution >= 4 is 5.69 Å². The highest BCUT2D eigenvalue weighted by Gasteiger charge is 2.17. The lowest BCUT2D eigenvalue weighted by molar-refractivity contribution is -0.385. The first-order valence-electron chi connectivity index (χ1n) is 5.80. The van der Waals surface area contributed by atoms with Gasteiger partial charge in [0, 0.05) is 18.7 Å². The number of aryl methyl sites for hydroxylation is 3. The predicted molar refractivity (Wildman–Crippen MR) is 70.6 cm³/mol. The van der Waals surface area contributed by atoms with Crippen LogP contribution in [0, 0.1) is 35.3 Å². The number of nitro benzene ring substituents is 1. The second-order valence-electron chi connectivity index (χ2n) is 4.31. The van der Waals surface area contributed by atoms with Crippen molar-refractivity contribution in [1.29, 1.82) is 5.26 Å². The van der Waals surface area contributed by atoms with Gasteiger partial charge >= 0.3 is 0 Å². The minimum absolute atomic E-state index is 0.0269. The molecule has 0 fully saturated rings. The average Bonchev–Trinajstić information content (AvgIpc) is 2.63. The fraction of sp³-hybridized carbons (Fsp3) is 0.231. The zero-order valence-electron chi connectivity index (χ0n) is 11.2. The predicted octanol–water partition coefficient (Wildman–Crippen LogP) is 2.61. The van der Waals surface area contributed by atoms with Crippen molar-refractivity contribution in [1.82, 2.24) is 9.78 Å². The zero-order chi connectivity index (χ0) is 14.9. The van der Waals surface area contributed by atoms with E-state index >= 15 is 0 Å². The Kier molecular flexibility index (Phi) is 3.39. The first kappa shape index (κ1) is 13.5. The van der Waals surface area contributed by atoms with E-state index in [9.17, 15) is 10.1 Å². The summed E-state index contributed by atoms with van der Waals surface area (Å²) in [5, 5.41) is 24.0. The van der Waals surface area contributed by atoms with Crippen LogP contribution < -0.4 is 4.74 Å². The molecule has 0 spiro atoms. The molecule has 0 unspecified atom stereocenters. The molecule has 0 N–H and O–H groups in total. The minimum atomic E-state index is -0.450. The maximum absolute atomic E-state index is 10.8. The van der Waals surface area contributed by atoms with Crippen molar-refractivity contribution < 1.29 is 9.66 Å². The van der Waals surface area contributed by atoms with Gasteiger partial charge in [0.2, 0.25) is 5.88 Å². The molecular weight excluding hydrogens is 260 g/mol. The van der Waals surface area contributed by atoms with Gasteiger partial charge in [-0.25, -0.2) is 4.68 Å². The maximum atomic E-state index is 10.8. The molecule has 0 bridgehead atoms. The number of nitriles is 1. The Morgan fingerprint density at radius 3 is 2.70 bits per heavy atom. The van der Waals surface area contributed by atoms with Crippen molar-refractivity contribution in [2.45, 2.75) is 13.8 Å². The summed E-state index contributed by atoms with van der Waals surface area (Å²) < 4.78 is 7.09. The van der Waals surface area contributed by atoms with E-state index < -0.39 is 4.92 Å². The van der Waals surface area contributed by atoms with Gasteiger partial charge in [-0.2, -0.15) is 10.4 Å². The van der Waals surface area contributed by atoms with Gasteiger partial charge in [-0.3, -0.25) is 10.1 Å². The molecule has 1 aromatic heterocycles. The zero-order valence-corrected chi connectivity index (χ0v) is 11.2. The summed E-state index contributed by atoms with van der Waals surface area (Å²) in [6, 6.07) is 6.46. The second-order valence-corrected chi connectivity index (χ2v) is 4.31. The quantitative estimate of drug-likeness (QED) is 0.632. The van der Waals surface area contributed by atoms with Gasteiger partial charge in [-0.05, 0) is 26.0 Å². The molecule has 0 aliphatic rings. The number of rotatable bonds is 3. The molecule has 0 radical (unpaired) electrons. The number of nitro groups is 1. The van der Waals surface area contributed by atoms with Crippen molar-refractivity contribution in [3.8, 4) is 17.7 Å². The average molecular weight is 272 g/mol. The van der Waals surface area contributed by atoms with E-state index in [1.54, 1.807) is 27.0 Å². The molecule has 0 aliphatic carbocycles. The van der Waals surface area contributed by atoms with Gasteiger partial charge < -0.3 is 4.74 Å². The third kappa shape index (κ3) is 2.31. The van der Waals surface area contributed by atoms with Gasteiger partial charge in [0.05, 0.1) is 10.6 Å². The standard InChI is InChI=1S/C13H12N4O3/c1-8-6-10(4-5-12(8)17(18)19)20-13-11(7-14)9(2)15-16(13)3/h4-6H,1-3H3. The van der Waals surface area contributed by atoms with Gasteiger partial charge in [0.25, 0.3) is 5.69 Å². The lowest BCUT2D eigenvalue weighted by Gasteiger charge is -2.07. The third-order valence-corrected chi connectivity index (χ3v) is 2.86. The normalized spacial score (nSPS) is 10.1. The number of benzene rings is 1. The molecule has 0 atom stereocenters. The van der Waals surface area contributed by atoms with Crippen LogP contribution >= 0.6 is 0 Å². The molecule has 7 nitrogen and oxygen atoms in total. The SMILES string of the molecule is Cc1cc(Oc2c(C#N)c(C)nn2C)ccc1[N+](=O)[O-]. The Morgan fingerprint density at radius 1 is 1.45 bits per heavy atom. The summed E-state index contributed by atoms with van der Waals surface area (Å²) in [5.74, 6) is 0.742. The van der Waals surface area contributed by atoms with E-state index in [1.807, 2.05) is 6.07 Å². The van der Waals surface area contributed by atoms with Gasteiger partial charge in [0.1, 0.15) is 17.4 Å². The number of hydrogen-bond acceptors (Lipinski definition) is 5. The number of aromatic nitrogens is 2. The van der Waals surface area contributed by atoms with E-state index in [0.717, 1.165) is 0 Å². The molecule has 0 saturated carbocycles. The van der Waals surface area contributed by atoms with Crippen LogP contribution in [0.1, 0.15) is 16.8 Å². The molecular formula is C13H12N4O3. The highest BCUT2D eigenvalue weighted by atomic mass is 16.6. The molecule has 1 aromatic carbocycles. The van der Waals surface area contributed by atoms with E-state index in [-0.39, 0.29) is 5.69 Å². The smallest absolute Gasteiger partial charge is 0.272 e. The summed E-state index contributed by atoms with van der Waals surface area (Å²) in [6.07, 6.45) is 0. The molecule has 0 saturated heterocycles. The Hall–Kier alpha value is -2.88. The summed E-state index contributed by atoms with van der Waals surface area (Å²) in [5.41, 5.74) is 1.44. The fourth-order valence-electron chi connectivity index (χ4n) is 1.89. The summed E-state index contributed by atoms with van der Waals surface area (Å²) in [4.78, 5) is 10.3. The van der Waals surface area contributed by atoms with Crippen LogP contribution in [0.4, 0.5) is 5.69 Å². The van der Waals surface area contributed by atoms with Crippen LogP contribution in [0.2, 0.25) is 0 Å². The van der Waals surface area contributed by atoms with Gasteiger partial charge in [0.15, 0.2) is 0 Å². The molecule has 20 heavy (non-hydrogen) atoms. The third-order valence-electron chi connectivity index (χ3n) is 2.86. The first-order valence-corrected chi connectivity index (χ1v) is 5.80. The maximum Gasteiger partial charge on any atom is 0.272 e. The summed E-state index contributed by atoms with van der Waals surface area (Å²) in [7, 11) is 1.67.